The van der Waals surface area contributed by atoms with Gasteiger partial charge < -0.3 is 10.2 Å². The third-order valence-electron chi connectivity index (χ3n) is 2.22. The zero-order valence-electron chi connectivity index (χ0n) is 8.99. The van der Waals surface area contributed by atoms with Crippen molar-refractivity contribution in [2.75, 3.05) is 6.54 Å². The van der Waals surface area contributed by atoms with Gasteiger partial charge in [-0.25, -0.2) is 0 Å². The summed E-state index contributed by atoms with van der Waals surface area (Å²) in [7, 11) is 0. The predicted octanol–water partition coefficient (Wildman–Crippen LogP) is 3.04. The van der Waals surface area contributed by atoms with E-state index in [4.69, 9.17) is 21.8 Å². The van der Waals surface area contributed by atoms with Gasteiger partial charge in [-0.2, -0.15) is 0 Å². The highest BCUT2D eigenvalue weighted by Crippen LogP contribution is 2.29. The van der Waals surface area contributed by atoms with Crippen LogP contribution in [0.3, 0.4) is 0 Å². The summed E-state index contributed by atoms with van der Waals surface area (Å²) in [6.45, 7) is 0.610. The van der Waals surface area contributed by atoms with Crippen molar-refractivity contribution in [3.8, 4) is 11.5 Å². The van der Waals surface area contributed by atoms with Crippen molar-refractivity contribution in [1.82, 2.24) is 10.2 Å². The first-order chi connectivity index (χ1) is 8.20. The molecule has 0 fully saturated rings. The van der Waals surface area contributed by atoms with Crippen molar-refractivity contribution in [1.29, 1.82) is 0 Å². The maximum Gasteiger partial charge on any atom is 0.248 e. The Morgan fingerprint density at radius 1 is 1.35 bits per heavy atom. The lowest BCUT2D eigenvalue weighted by atomic mass is 10.2. The largest absolute Gasteiger partial charge is 0.421 e. The number of hydrogen-bond donors (Lipinski definition) is 1. The topological polar surface area (TPSA) is 64.9 Å². The molecule has 4 nitrogen and oxygen atoms in total. The quantitative estimate of drug-likeness (QED) is 0.941. The molecule has 1 aromatic heterocycles. The number of hydrogen-bond acceptors (Lipinski definition) is 4. The van der Waals surface area contributed by atoms with Gasteiger partial charge >= 0.3 is 0 Å². The minimum absolute atomic E-state index is 0.464. The van der Waals surface area contributed by atoms with E-state index in [2.05, 4.69) is 26.1 Å². The Bertz CT molecular complexity index is 515. The van der Waals surface area contributed by atoms with Gasteiger partial charge in [0.2, 0.25) is 11.8 Å². The van der Waals surface area contributed by atoms with Gasteiger partial charge in [-0.3, -0.25) is 0 Å². The number of halogens is 2. The SMILES string of the molecule is NCCCc1nnc(-c2cc(Cl)ccc2Br)o1. The number of nitrogens with zero attached hydrogens (tertiary/aromatic N) is 2. The number of aromatic nitrogens is 2. The predicted molar refractivity (Wildman–Crippen MR) is 69.8 cm³/mol. The minimum atomic E-state index is 0.464. The lowest BCUT2D eigenvalue weighted by molar-refractivity contribution is 0.498. The second-order valence-electron chi connectivity index (χ2n) is 3.52. The van der Waals surface area contributed by atoms with Gasteiger partial charge in [-0.05, 0) is 47.1 Å². The van der Waals surface area contributed by atoms with E-state index in [1.807, 2.05) is 6.07 Å². The smallest absolute Gasteiger partial charge is 0.248 e. The molecule has 0 saturated heterocycles. The van der Waals surface area contributed by atoms with E-state index in [1.165, 1.54) is 0 Å². The molecule has 0 aliphatic carbocycles. The summed E-state index contributed by atoms with van der Waals surface area (Å²) < 4.78 is 6.41. The maximum atomic E-state index is 5.93. The van der Waals surface area contributed by atoms with Crippen molar-refractivity contribution < 1.29 is 4.42 Å². The van der Waals surface area contributed by atoms with Gasteiger partial charge in [-0.1, -0.05) is 11.6 Å². The van der Waals surface area contributed by atoms with Gasteiger partial charge in [0.05, 0.1) is 5.56 Å². The van der Waals surface area contributed by atoms with Crippen LogP contribution in [0.4, 0.5) is 0 Å². The van der Waals surface area contributed by atoms with Crippen molar-refractivity contribution in [3.63, 3.8) is 0 Å². The summed E-state index contributed by atoms with van der Waals surface area (Å²) >= 11 is 9.35. The van der Waals surface area contributed by atoms with Gasteiger partial charge in [0, 0.05) is 15.9 Å². The fraction of sp³-hybridized carbons (Fsp3) is 0.273. The Morgan fingerprint density at radius 3 is 2.94 bits per heavy atom. The Hall–Kier alpha value is -0.910. The molecule has 0 atom stereocenters. The van der Waals surface area contributed by atoms with Crippen LogP contribution in [0.15, 0.2) is 27.1 Å². The summed E-state index contributed by atoms with van der Waals surface area (Å²) in [5.41, 5.74) is 6.22. The lowest BCUT2D eigenvalue weighted by Crippen LogP contribution is -2.00. The molecular formula is C11H11BrClN3O. The molecule has 0 radical (unpaired) electrons. The number of aryl methyl sites for hydroxylation is 1. The summed E-state index contributed by atoms with van der Waals surface area (Å²) in [6.07, 6.45) is 1.53. The molecule has 6 heteroatoms. The van der Waals surface area contributed by atoms with Crippen LogP contribution in [-0.2, 0) is 6.42 Å². The second kappa shape index (κ2) is 5.62. The Kier molecular flexibility index (Phi) is 4.15. The van der Waals surface area contributed by atoms with Gasteiger partial charge in [0.25, 0.3) is 0 Å². The summed E-state index contributed by atoms with van der Waals surface area (Å²) in [4.78, 5) is 0. The average Bonchev–Trinajstić information content (AvgIpc) is 2.78. The first-order valence-electron chi connectivity index (χ1n) is 5.18. The van der Waals surface area contributed by atoms with Crippen LogP contribution >= 0.6 is 27.5 Å². The zero-order valence-corrected chi connectivity index (χ0v) is 11.3. The molecule has 90 valence electrons. The van der Waals surface area contributed by atoms with Crippen LogP contribution in [0, 0.1) is 0 Å². The maximum absolute atomic E-state index is 5.93. The van der Waals surface area contributed by atoms with Crippen LogP contribution in [0.5, 0.6) is 0 Å². The van der Waals surface area contributed by atoms with Gasteiger partial charge in [0.1, 0.15) is 0 Å². The van der Waals surface area contributed by atoms with Crippen LogP contribution < -0.4 is 5.73 Å². The normalized spacial score (nSPS) is 10.8. The highest BCUT2D eigenvalue weighted by Gasteiger charge is 2.11. The molecule has 1 aromatic carbocycles. The molecular weight excluding hydrogens is 305 g/mol. The van der Waals surface area contributed by atoms with Crippen LogP contribution in [-0.4, -0.2) is 16.7 Å². The molecule has 0 aliphatic rings. The molecule has 2 N–H and O–H groups in total. The van der Waals surface area contributed by atoms with Crippen LogP contribution in [0.2, 0.25) is 5.02 Å². The van der Waals surface area contributed by atoms with Crippen molar-refractivity contribution >= 4 is 27.5 Å². The molecule has 0 spiro atoms. The average molecular weight is 317 g/mol. The zero-order chi connectivity index (χ0) is 12.3. The van der Waals surface area contributed by atoms with E-state index in [0.29, 0.717) is 29.8 Å². The molecule has 0 amide bonds. The van der Waals surface area contributed by atoms with Gasteiger partial charge in [0.15, 0.2) is 0 Å². The Labute approximate surface area is 112 Å². The highest BCUT2D eigenvalue weighted by molar-refractivity contribution is 9.10. The Morgan fingerprint density at radius 2 is 2.18 bits per heavy atom. The summed E-state index contributed by atoms with van der Waals surface area (Å²) in [5, 5.41) is 8.59. The molecule has 2 aromatic rings. The van der Waals surface area contributed by atoms with Crippen molar-refractivity contribution in [3.05, 3.63) is 33.6 Å². The lowest BCUT2D eigenvalue weighted by Gasteiger charge is -1.99. The van der Waals surface area contributed by atoms with E-state index >= 15 is 0 Å². The van der Waals surface area contributed by atoms with Crippen molar-refractivity contribution in [2.24, 2.45) is 5.73 Å². The molecule has 0 saturated carbocycles. The Balaban J connectivity index is 2.27. The van der Waals surface area contributed by atoms with Crippen LogP contribution in [0.1, 0.15) is 12.3 Å². The third-order valence-corrected chi connectivity index (χ3v) is 3.15. The van der Waals surface area contributed by atoms with E-state index in [9.17, 15) is 0 Å². The van der Waals surface area contributed by atoms with E-state index in [0.717, 1.165) is 16.5 Å². The first kappa shape index (κ1) is 12.5. The van der Waals surface area contributed by atoms with Crippen LogP contribution in [0.25, 0.3) is 11.5 Å². The standard InChI is InChI=1S/C11H11BrClN3O/c12-9-4-3-7(13)6-8(9)11-16-15-10(17-11)2-1-5-14/h3-4,6H,1-2,5,14H2. The number of nitrogens with two attached hydrogens (primary N) is 1. The number of benzene rings is 1. The molecule has 0 aliphatic heterocycles. The van der Waals surface area contributed by atoms with Gasteiger partial charge in [-0.15, -0.1) is 10.2 Å². The first-order valence-corrected chi connectivity index (χ1v) is 6.35. The minimum Gasteiger partial charge on any atom is -0.421 e. The molecule has 2 rings (SSSR count). The monoisotopic (exact) mass is 315 g/mol. The fourth-order valence-electron chi connectivity index (χ4n) is 1.38. The molecule has 17 heavy (non-hydrogen) atoms. The second-order valence-corrected chi connectivity index (χ2v) is 4.81. The number of rotatable bonds is 4. The van der Waals surface area contributed by atoms with E-state index in [1.54, 1.807) is 12.1 Å². The molecule has 0 unspecified atom stereocenters. The summed E-state index contributed by atoms with van der Waals surface area (Å²) in [6, 6.07) is 5.42. The molecule has 1 heterocycles. The highest BCUT2D eigenvalue weighted by atomic mass is 79.9. The van der Waals surface area contributed by atoms with E-state index < -0.39 is 0 Å². The van der Waals surface area contributed by atoms with Crippen molar-refractivity contribution in [2.45, 2.75) is 12.8 Å². The third kappa shape index (κ3) is 3.06. The summed E-state index contributed by atoms with van der Waals surface area (Å²) in [5.74, 6) is 1.06. The van der Waals surface area contributed by atoms with E-state index in [-0.39, 0.29) is 0 Å². The fourth-order valence-corrected chi connectivity index (χ4v) is 1.97. The molecule has 0 bridgehead atoms.